The normalized spacial score (nSPS) is 18.9. The van der Waals surface area contributed by atoms with Crippen molar-refractivity contribution < 1.29 is 13.5 Å². The second-order valence-electron chi connectivity index (χ2n) is 5.14. The van der Waals surface area contributed by atoms with Crippen molar-refractivity contribution in [3.8, 4) is 6.07 Å². The molecule has 0 bridgehead atoms. The number of nitrogens with zero attached hydrogens (tertiary/aromatic N) is 2. The van der Waals surface area contributed by atoms with E-state index in [1.807, 2.05) is 19.9 Å². The van der Waals surface area contributed by atoms with Crippen molar-refractivity contribution in [2.24, 2.45) is 5.92 Å². The number of sulfonamides is 1. The van der Waals surface area contributed by atoms with Gasteiger partial charge >= 0.3 is 0 Å². The van der Waals surface area contributed by atoms with Crippen molar-refractivity contribution in [1.29, 1.82) is 5.26 Å². The van der Waals surface area contributed by atoms with Crippen molar-refractivity contribution in [3.63, 3.8) is 0 Å². The van der Waals surface area contributed by atoms with Gasteiger partial charge in [0.25, 0.3) is 0 Å². The van der Waals surface area contributed by atoms with Crippen LogP contribution in [0.15, 0.2) is 29.2 Å². The molecule has 102 valence electrons. The Morgan fingerprint density at radius 3 is 2.47 bits per heavy atom. The number of nitriles is 1. The third-order valence-corrected chi connectivity index (χ3v) is 5.45. The Kier molecular flexibility index (Phi) is 3.39. The Morgan fingerprint density at radius 2 is 1.95 bits per heavy atom. The van der Waals surface area contributed by atoms with Gasteiger partial charge in [0.15, 0.2) is 0 Å². The summed E-state index contributed by atoms with van der Waals surface area (Å²) in [5.74, 6) is -0.00911. The van der Waals surface area contributed by atoms with Gasteiger partial charge in [0.2, 0.25) is 10.0 Å². The number of hydrogen-bond donors (Lipinski definition) is 1. The second-order valence-corrected chi connectivity index (χ2v) is 7.05. The Hall–Kier alpha value is -1.42. The third-order valence-electron chi connectivity index (χ3n) is 3.60. The van der Waals surface area contributed by atoms with Crippen LogP contribution in [0, 0.1) is 17.2 Å². The lowest BCUT2D eigenvalue weighted by Crippen LogP contribution is -2.65. The molecule has 0 amide bonds. The van der Waals surface area contributed by atoms with Gasteiger partial charge in [0, 0.05) is 13.1 Å². The van der Waals surface area contributed by atoms with Crippen LogP contribution >= 0.6 is 0 Å². The summed E-state index contributed by atoms with van der Waals surface area (Å²) in [7, 11) is -3.70. The Balaban J connectivity index is 2.30. The van der Waals surface area contributed by atoms with Gasteiger partial charge in [-0.3, -0.25) is 0 Å². The van der Waals surface area contributed by atoms with Crippen molar-refractivity contribution in [3.05, 3.63) is 29.8 Å². The van der Waals surface area contributed by atoms with Crippen LogP contribution in [0.1, 0.15) is 19.4 Å². The molecule has 1 aromatic rings. The zero-order chi connectivity index (χ0) is 14.3. The predicted molar refractivity (Wildman–Crippen MR) is 69.7 cm³/mol. The van der Waals surface area contributed by atoms with Crippen LogP contribution in [-0.2, 0) is 10.0 Å². The minimum absolute atomic E-state index is 0.00306. The van der Waals surface area contributed by atoms with E-state index in [9.17, 15) is 13.5 Å². The number of benzene rings is 1. The minimum Gasteiger partial charge on any atom is -0.387 e. The highest BCUT2D eigenvalue weighted by atomic mass is 32.2. The molecule has 0 unspecified atom stereocenters. The molecule has 0 aliphatic carbocycles. The van der Waals surface area contributed by atoms with Gasteiger partial charge in [-0.2, -0.15) is 9.57 Å². The highest BCUT2D eigenvalue weighted by Crippen LogP contribution is 2.33. The first kappa shape index (κ1) is 14.0. The van der Waals surface area contributed by atoms with Gasteiger partial charge < -0.3 is 5.11 Å². The monoisotopic (exact) mass is 280 g/mol. The van der Waals surface area contributed by atoms with Gasteiger partial charge in [-0.25, -0.2) is 8.42 Å². The largest absolute Gasteiger partial charge is 0.387 e. The highest BCUT2D eigenvalue weighted by Gasteiger charge is 2.49. The molecular weight excluding hydrogens is 264 g/mol. The maximum absolute atomic E-state index is 12.4. The molecule has 1 aromatic carbocycles. The molecule has 1 aliphatic heterocycles. The maximum Gasteiger partial charge on any atom is 0.244 e. The minimum atomic E-state index is -3.70. The second kappa shape index (κ2) is 4.60. The molecule has 1 saturated heterocycles. The molecule has 0 saturated carbocycles. The van der Waals surface area contributed by atoms with Crippen molar-refractivity contribution in [2.45, 2.75) is 24.3 Å². The first-order chi connectivity index (χ1) is 8.81. The average Bonchev–Trinajstić information content (AvgIpc) is 2.34. The Bertz CT molecular complexity index is 626. The van der Waals surface area contributed by atoms with E-state index in [0.717, 1.165) is 0 Å². The zero-order valence-electron chi connectivity index (χ0n) is 10.9. The van der Waals surface area contributed by atoms with Gasteiger partial charge in [-0.1, -0.05) is 26.0 Å². The van der Waals surface area contributed by atoms with E-state index in [1.165, 1.54) is 16.4 Å². The molecule has 0 aromatic heterocycles. The van der Waals surface area contributed by atoms with Crippen molar-refractivity contribution in [2.75, 3.05) is 13.1 Å². The maximum atomic E-state index is 12.4. The summed E-state index contributed by atoms with van der Waals surface area (Å²) in [4.78, 5) is 0.00306. The average molecular weight is 280 g/mol. The van der Waals surface area contributed by atoms with Crippen LogP contribution in [0.2, 0.25) is 0 Å². The quantitative estimate of drug-likeness (QED) is 0.893. The van der Waals surface area contributed by atoms with Gasteiger partial charge in [0.1, 0.15) is 6.07 Å². The molecule has 0 spiro atoms. The molecule has 19 heavy (non-hydrogen) atoms. The number of rotatable bonds is 3. The van der Waals surface area contributed by atoms with E-state index in [1.54, 1.807) is 12.1 Å². The standard InChI is InChI=1S/C13H16N2O3S/c1-10(2)13(16)8-15(9-13)19(17,18)12-6-4-3-5-11(12)7-14/h3-6,10,16H,8-9H2,1-2H3. The summed E-state index contributed by atoms with van der Waals surface area (Å²) < 4.78 is 25.9. The van der Waals surface area contributed by atoms with E-state index < -0.39 is 15.6 Å². The SMILES string of the molecule is CC(C)C1(O)CN(S(=O)(=O)c2ccccc2C#N)C1. The fourth-order valence-electron chi connectivity index (χ4n) is 2.02. The van der Waals surface area contributed by atoms with E-state index in [4.69, 9.17) is 5.26 Å². The van der Waals surface area contributed by atoms with Crippen molar-refractivity contribution >= 4 is 10.0 Å². The molecule has 1 heterocycles. The summed E-state index contributed by atoms with van der Waals surface area (Å²) in [6.07, 6.45) is 0. The smallest absolute Gasteiger partial charge is 0.244 e. The summed E-state index contributed by atoms with van der Waals surface area (Å²) in [6.45, 7) is 3.86. The molecule has 0 radical (unpaired) electrons. The number of β-amino-alcohol motifs (C(OH)–C–C–N with tert-alkyl or cyclic N) is 1. The topological polar surface area (TPSA) is 81.4 Å². The Labute approximate surface area is 113 Å². The summed E-state index contributed by atoms with van der Waals surface area (Å²) >= 11 is 0. The molecule has 2 rings (SSSR count). The molecule has 1 aliphatic rings. The fourth-order valence-corrected chi connectivity index (χ4v) is 3.73. The van der Waals surface area contributed by atoms with E-state index in [2.05, 4.69) is 0 Å². The van der Waals surface area contributed by atoms with Crippen LogP contribution in [0.4, 0.5) is 0 Å². The summed E-state index contributed by atoms with van der Waals surface area (Å²) in [6, 6.07) is 7.98. The van der Waals surface area contributed by atoms with E-state index in [-0.39, 0.29) is 29.5 Å². The van der Waals surface area contributed by atoms with Crippen LogP contribution in [0.5, 0.6) is 0 Å². The molecule has 6 heteroatoms. The highest BCUT2D eigenvalue weighted by molar-refractivity contribution is 7.89. The van der Waals surface area contributed by atoms with Gasteiger partial charge in [-0.05, 0) is 18.1 Å². The lowest BCUT2D eigenvalue weighted by Gasteiger charge is -2.47. The fraction of sp³-hybridized carbons (Fsp3) is 0.462. The van der Waals surface area contributed by atoms with Crippen LogP contribution < -0.4 is 0 Å². The van der Waals surface area contributed by atoms with E-state index in [0.29, 0.717) is 0 Å². The summed E-state index contributed by atoms with van der Waals surface area (Å²) in [5, 5.41) is 19.1. The number of aliphatic hydroxyl groups is 1. The molecule has 1 N–H and O–H groups in total. The predicted octanol–water partition coefficient (Wildman–Crippen LogP) is 0.950. The third kappa shape index (κ3) is 2.25. The van der Waals surface area contributed by atoms with Gasteiger partial charge in [0.05, 0.1) is 16.1 Å². The van der Waals surface area contributed by atoms with Crippen LogP contribution in [-0.4, -0.2) is 36.5 Å². The van der Waals surface area contributed by atoms with Crippen LogP contribution in [0.25, 0.3) is 0 Å². The number of hydrogen-bond acceptors (Lipinski definition) is 4. The molecular formula is C13H16N2O3S. The first-order valence-corrected chi connectivity index (χ1v) is 7.47. The lowest BCUT2D eigenvalue weighted by atomic mass is 9.85. The van der Waals surface area contributed by atoms with Crippen LogP contribution in [0.3, 0.4) is 0 Å². The van der Waals surface area contributed by atoms with Gasteiger partial charge in [-0.15, -0.1) is 0 Å². The molecule has 0 atom stereocenters. The van der Waals surface area contributed by atoms with E-state index >= 15 is 0 Å². The van der Waals surface area contributed by atoms with Crippen molar-refractivity contribution in [1.82, 2.24) is 4.31 Å². The molecule has 1 fully saturated rings. The lowest BCUT2D eigenvalue weighted by molar-refractivity contribution is -0.0932. The first-order valence-electron chi connectivity index (χ1n) is 6.03. The summed E-state index contributed by atoms with van der Waals surface area (Å²) in [5.41, 5.74) is -0.836. The Morgan fingerprint density at radius 1 is 1.37 bits per heavy atom. The molecule has 5 nitrogen and oxygen atoms in total. The zero-order valence-corrected chi connectivity index (χ0v) is 11.7.